The van der Waals surface area contributed by atoms with E-state index in [1.807, 2.05) is 0 Å². The van der Waals surface area contributed by atoms with Crippen molar-refractivity contribution < 1.29 is 30.0 Å². The van der Waals surface area contributed by atoms with Gasteiger partial charge in [0.1, 0.15) is 22.3 Å². The van der Waals surface area contributed by atoms with Crippen molar-refractivity contribution in [3.05, 3.63) is 59.9 Å². The Kier molecular flexibility index (Phi) is 5.80. The largest absolute Gasteiger partial charge is 0.246 e. The molecule has 0 aliphatic carbocycles. The van der Waals surface area contributed by atoms with E-state index in [-0.39, 0.29) is 37.5 Å². The fourth-order valence-electron chi connectivity index (χ4n) is 2.92. The molecule has 0 aromatic heterocycles. The summed E-state index contributed by atoms with van der Waals surface area (Å²) in [6.45, 7) is -0.403. The molecule has 0 radical (unpaired) electrons. The first-order valence-electron chi connectivity index (χ1n) is 8.33. The maximum atomic E-state index is 13.9. The third-order valence-electron chi connectivity index (χ3n) is 4.38. The second-order valence-corrected chi connectivity index (χ2v) is 10.0. The van der Waals surface area contributed by atoms with Gasteiger partial charge >= 0.3 is 0 Å². The van der Waals surface area contributed by atoms with Crippen LogP contribution >= 0.6 is 0 Å². The van der Waals surface area contributed by atoms with Gasteiger partial charge in [0.15, 0.2) is 0 Å². The second-order valence-electron chi connectivity index (χ2n) is 6.19. The van der Waals surface area contributed by atoms with Crippen LogP contribution in [0.5, 0.6) is 0 Å². The molecule has 0 saturated carbocycles. The van der Waals surface area contributed by atoms with Gasteiger partial charge in [-0.05, 0) is 48.9 Å². The quantitative estimate of drug-likeness (QED) is 0.740. The van der Waals surface area contributed by atoms with Crippen LogP contribution in [0.1, 0.15) is 6.42 Å². The van der Waals surface area contributed by atoms with Gasteiger partial charge in [-0.3, -0.25) is 0 Å². The lowest BCUT2D eigenvalue weighted by Gasteiger charge is -2.22. The normalized spacial score (nSPS) is 17.4. The minimum absolute atomic E-state index is 0.0391. The van der Waals surface area contributed by atoms with E-state index in [1.165, 1.54) is 0 Å². The van der Waals surface area contributed by atoms with Crippen molar-refractivity contribution in [3.8, 4) is 0 Å². The van der Waals surface area contributed by atoms with Gasteiger partial charge in [0.2, 0.25) is 20.0 Å². The third-order valence-corrected chi connectivity index (χ3v) is 8.20. The van der Waals surface area contributed by atoms with Crippen LogP contribution in [0.15, 0.2) is 52.3 Å². The van der Waals surface area contributed by atoms with Gasteiger partial charge in [-0.2, -0.15) is 8.61 Å². The van der Waals surface area contributed by atoms with E-state index >= 15 is 0 Å². The van der Waals surface area contributed by atoms with Crippen molar-refractivity contribution in [1.82, 2.24) is 8.61 Å². The number of benzene rings is 2. The Morgan fingerprint density at radius 2 is 1.21 bits per heavy atom. The Balaban J connectivity index is 1.83. The Morgan fingerprint density at radius 1 is 0.679 bits per heavy atom. The third kappa shape index (κ3) is 4.07. The van der Waals surface area contributed by atoms with Gasteiger partial charge < -0.3 is 0 Å². The van der Waals surface area contributed by atoms with Crippen LogP contribution in [-0.4, -0.2) is 51.6 Å². The first kappa shape index (κ1) is 20.8. The summed E-state index contributed by atoms with van der Waals surface area (Å²) in [5, 5.41) is 0. The van der Waals surface area contributed by atoms with E-state index in [4.69, 9.17) is 0 Å². The van der Waals surface area contributed by atoms with Gasteiger partial charge in [-0.1, -0.05) is 0 Å². The minimum Gasteiger partial charge on any atom is -0.207 e. The molecule has 0 N–H and O–H groups in total. The molecule has 152 valence electrons. The van der Waals surface area contributed by atoms with E-state index < -0.39 is 42.4 Å². The molecule has 2 aromatic rings. The maximum Gasteiger partial charge on any atom is 0.246 e. The Hall–Kier alpha value is -1.95. The minimum atomic E-state index is -4.33. The van der Waals surface area contributed by atoms with Crippen molar-refractivity contribution in [2.45, 2.75) is 16.2 Å². The first-order chi connectivity index (χ1) is 13.1. The zero-order chi connectivity index (χ0) is 20.5. The van der Waals surface area contributed by atoms with E-state index in [1.54, 1.807) is 0 Å². The van der Waals surface area contributed by atoms with E-state index in [0.29, 0.717) is 6.07 Å². The van der Waals surface area contributed by atoms with Gasteiger partial charge in [-0.25, -0.2) is 30.0 Å². The fraction of sp³-hybridized carbons (Fsp3) is 0.294. The lowest BCUT2D eigenvalue weighted by Crippen LogP contribution is -2.37. The van der Waals surface area contributed by atoms with Crippen molar-refractivity contribution in [2.75, 3.05) is 26.2 Å². The zero-order valence-electron chi connectivity index (χ0n) is 14.6. The van der Waals surface area contributed by atoms with E-state index in [2.05, 4.69) is 0 Å². The molecular formula is C17H17F3N2O4S2. The monoisotopic (exact) mass is 434 g/mol. The predicted molar refractivity (Wildman–Crippen MR) is 94.9 cm³/mol. The van der Waals surface area contributed by atoms with Gasteiger partial charge in [0.25, 0.3) is 0 Å². The molecule has 0 atom stereocenters. The maximum absolute atomic E-state index is 13.9. The molecule has 0 unspecified atom stereocenters. The summed E-state index contributed by atoms with van der Waals surface area (Å²) < 4.78 is 93.2. The summed E-state index contributed by atoms with van der Waals surface area (Å²) in [6, 6.07) is 6.45. The highest BCUT2D eigenvalue weighted by atomic mass is 32.2. The molecule has 2 aromatic carbocycles. The molecule has 0 amide bonds. The molecule has 1 aliphatic heterocycles. The van der Waals surface area contributed by atoms with Crippen molar-refractivity contribution >= 4 is 20.0 Å². The van der Waals surface area contributed by atoms with E-state index in [0.717, 1.165) is 45.0 Å². The molecule has 0 bridgehead atoms. The molecular weight excluding hydrogens is 417 g/mol. The summed E-state index contributed by atoms with van der Waals surface area (Å²) in [6.07, 6.45) is 0.163. The Morgan fingerprint density at radius 3 is 1.82 bits per heavy atom. The molecule has 11 heteroatoms. The molecule has 1 heterocycles. The highest BCUT2D eigenvalue weighted by Crippen LogP contribution is 2.24. The number of nitrogens with zero attached hydrogens (tertiary/aromatic N) is 2. The number of hydrogen-bond acceptors (Lipinski definition) is 4. The van der Waals surface area contributed by atoms with Crippen LogP contribution in [0.3, 0.4) is 0 Å². The molecule has 6 nitrogen and oxygen atoms in total. The average molecular weight is 434 g/mol. The second kappa shape index (κ2) is 7.82. The van der Waals surface area contributed by atoms with Crippen LogP contribution in [0.25, 0.3) is 0 Å². The Bertz CT molecular complexity index is 1070. The summed E-state index contributed by atoms with van der Waals surface area (Å²) in [4.78, 5) is -0.899. The van der Waals surface area contributed by atoms with Crippen LogP contribution in [0.4, 0.5) is 13.2 Å². The molecule has 1 fully saturated rings. The molecule has 1 aliphatic rings. The number of sulfonamides is 2. The molecule has 3 rings (SSSR count). The van der Waals surface area contributed by atoms with Crippen LogP contribution in [0, 0.1) is 17.5 Å². The number of rotatable bonds is 4. The summed E-state index contributed by atoms with van der Waals surface area (Å²) >= 11 is 0. The van der Waals surface area contributed by atoms with Crippen LogP contribution < -0.4 is 0 Å². The smallest absolute Gasteiger partial charge is 0.207 e. The molecule has 1 saturated heterocycles. The summed E-state index contributed by atoms with van der Waals surface area (Å²) in [5.74, 6) is -2.55. The lowest BCUT2D eigenvalue weighted by molar-refractivity contribution is 0.402. The fourth-order valence-corrected chi connectivity index (χ4v) is 5.94. The van der Waals surface area contributed by atoms with E-state index in [9.17, 15) is 30.0 Å². The van der Waals surface area contributed by atoms with Crippen LogP contribution in [0.2, 0.25) is 0 Å². The van der Waals surface area contributed by atoms with Gasteiger partial charge in [0.05, 0.1) is 4.90 Å². The number of hydrogen-bond donors (Lipinski definition) is 0. The summed E-state index contributed by atoms with van der Waals surface area (Å²) in [7, 11) is -8.27. The summed E-state index contributed by atoms with van der Waals surface area (Å²) in [5.41, 5.74) is 0. The Labute approximate surface area is 161 Å². The first-order valence-corrected chi connectivity index (χ1v) is 11.2. The molecule has 0 spiro atoms. The zero-order valence-corrected chi connectivity index (χ0v) is 16.2. The van der Waals surface area contributed by atoms with Crippen molar-refractivity contribution in [2.24, 2.45) is 0 Å². The molecule has 28 heavy (non-hydrogen) atoms. The van der Waals surface area contributed by atoms with Gasteiger partial charge in [-0.15, -0.1) is 0 Å². The highest BCUT2D eigenvalue weighted by Gasteiger charge is 2.33. The standard InChI is InChI=1S/C17H17F3N2O4S2/c18-13-2-5-15(6-3-13)27(23,24)21-8-1-9-22(11-10-21)28(25,26)17-12-14(19)4-7-16(17)20/h2-7,12H,1,8-11H2. The topological polar surface area (TPSA) is 74.8 Å². The average Bonchev–Trinajstić information content (AvgIpc) is 2.91. The van der Waals surface area contributed by atoms with Crippen LogP contribution in [-0.2, 0) is 20.0 Å². The highest BCUT2D eigenvalue weighted by molar-refractivity contribution is 7.89. The predicted octanol–water partition coefficient (Wildman–Crippen LogP) is 2.19. The van der Waals surface area contributed by atoms with Crippen molar-refractivity contribution in [1.29, 1.82) is 0 Å². The van der Waals surface area contributed by atoms with Crippen molar-refractivity contribution in [3.63, 3.8) is 0 Å². The SMILES string of the molecule is O=S(=O)(c1ccc(F)cc1)N1CCCN(S(=O)(=O)c2cc(F)ccc2F)CC1. The number of halogens is 3. The lowest BCUT2D eigenvalue weighted by atomic mass is 10.3. The van der Waals surface area contributed by atoms with Gasteiger partial charge in [0, 0.05) is 26.2 Å².